The van der Waals surface area contributed by atoms with Gasteiger partial charge in [0.15, 0.2) is 0 Å². The minimum Gasteiger partial charge on any atom is -0.267 e. The van der Waals surface area contributed by atoms with Crippen LogP contribution in [0.3, 0.4) is 0 Å². The van der Waals surface area contributed by atoms with Crippen LogP contribution in [0, 0.1) is 0 Å². The minimum atomic E-state index is -0.280. The third kappa shape index (κ3) is 2.02. The van der Waals surface area contributed by atoms with E-state index in [0.29, 0.717) is 16.5 Å². The van der Waals surface area contributed by atoms with Crippen molar-refractivity contribution in [3.63, 3.8) is 0 Å². The van der Waals surface area contributed by atoms with E-state index < -0.39 is 0 Å². The summed E-state index contributed by atoms with van der Waals surface area (Å²) in [6.45, 7) is 3.22. The molecule has 0 aromatic heterocycles. The van der Waals surface area contributed by atoms with E-state index in [1.807, 2.05) is 12.1 Å². The Morgan fingerprint density at radius 1 is 1.53 bits per heavy atom. The molecule has 0 bridgehead atoms. The average molecular weight is 223 g/mol. The lowest BCUT2D eigenvalue weighted by Crippen LogP contribution is -2.19. The van der Waals surface area contributed by atoms with Crippen LogP contribution in [0.4, 0.5) is 0 Å². The van der Waals surface area contributed by atoms with E-state index in [1.165, 1.54) is 0 Å². The maximum Gasteiger partial charge on any atom is 0.273 e. The number of nitrogens with zero attached hydrogens (tertiary/aromatic N) is 1. The van der Waals surface area contributed by atoms with Gasteiger partial charge in [0.2, 0.25) is 0 Å². The lowest BCUT2D eigenvalue weighted by atomic mass is 10.0. The van der Waals surface area contributed by atoms with Gasteiger partial charge in [0.1, 0.15) is 0 Å². The Bertz CT molecular complexity index is 413. The molecule has 0 unspecified atom stereocenters. The van der Waals surface area contributed by atoms with Gasteiger partial charge in [0, 0.05) is 6.72 Å². The molecule has 1 aliphatic carbocycles. The Labute approximate surface area is 93.1 Å². The second kappa shape index (κ2) is 4.03. The number of hydrogen-bond acceptors (Lipinski definition) is 2. The molecule has 2 rings (SSSR count). The van der Waals surface area contributed by atoms with Crippen LogP contribution in [0.25, 0.3) is 0 Å². The molecule has 15 heavy (non-hydrogen) atoms. The summed E-state index contributed by atoms with van der Waals surface area (Å²) in [5.74, 6) is 0.201. The van der Waals surface area contributed by atoms with Crippen molar-refractivity contribution in [2.45, 2.75) is 18.8 Å². The normalized spacial score (nSPS) is 14.7. The van der Waals surface area contributed by atoms with E-state index in [4.69, 9.17) is 11.6 Å². The van der Waals surface area contributed by atoms with Crippen LogP contribution in [-0.2, 0) is 0 Å². The molecule has 3 nitrogen and oxygen atoms in total. The van der Waals surface area contributed by atoms with E-state index in [9.17, 15) is 4.79 Å². The number of hydrazone groups is 1. The van der Waals surface area contributed by atoms with Crippen molar-refractivity contribution in [3.8, 4) is 0 Å². The molecule has 0 spiro atoms. The number of nitrogens with one attached hydrogen (secondary N) is 1. The first kappa shape index (κ1) is 10.2. The van der Waals surface area contributed by atoms with E-state index in [2.05, 4.69) is 17.2 Å². The smallest absolute Gasteiger partial charge is 0.267 e. The molecule has 0 saturated heterocycles. The lowest BCUT2D eigenvalue weighted by molar-refractivity contribution is 0.0954. The Hall–Kier alpha value is -1.35. The molecule has 1 aromatic rings. The standard InChI is InChI=1S/C11H11ClN2O/c1-13-14-11(15)10-8(7-5-6-7)3-2-4-9(10)12/h2-4,7H,1,5-6H2,(H,14,15). The SMILES string of the molecule is C=NNC(=O)c1c(Cl)cccc1C1CC1. The highest BCUT2D eigenvalue weighted by Gasteiger charge is 2.29. The maximum absolute atomic E-state index is 11.7. The van der Waals surface area contributed by atoms with Crippen molar-refractivity contribution in [2.24, 2.45) is 5.10 Å². The van der Waals surface area contributed by atoms with Crippen LogP contribution in [0.1, 0.15) is 34.7 Å². The summed E-state index contributed by atoms with van der Waals surface area (Å²) in [6, 6.07) is 5.53. The Morgan fingerprint density at radius 3 is 2.87 bits per heavy atom. The summed E-state index contributed by atoms with van der Waals surface area (Å²) >= 11 is 6.01. The fourth-order valence-corrected chi connectivity index (χ4v) is 1.91. The van der Waals surface area contributed by atoms with E-state index in [0.717, 1.165) is 18.4 Å². The van der Waals surface area contributed by atoms with Gasteiger partial charge in [-0.1, -0.05) is 23.7 Å². The van der Waals surface area contributed by atoms with Gasteiger partial charge < -0.3 is 0 Å². The second-order valence-corrected chi connectivity index (χ2v) is 3.98. The van der Waals surface area contributed by atoms with Gasteiger partial charge >= 0.3 is 0 Å². The number of carbonyl (C=O) groups excluding carboxylic acids is 1. The second-order valence-electron chi connectivity index (χ2n) is 3.58. The molecule has 0 atom stereocenters. The fraction of sp³-hybridized carbons (Fsp3) is 0.273. The van der Waals surface area contributed by atoms with Crippen molar-refractivity contribution >= 4 is 24.2 Å². The largest absolute Gasteiger partial charge is 0.273 e. The zero-order valence-electron chi connectivity index (χ0n) is 8.16. The van der Waals surface area contributed by atoms with E-state index >= 15 is 0 Å². The highest BCUT2D eigenvalue weighted by molar-refractivity contribution is 6.34. The van der Waals surface area contributed by atoms with E-state index in [-0.39, 0.29) is 5.91 Å². The summed E-state index contributed by atoms with van der Waals surface area (Å²) in [7, 11) is 0. The third-order valence-electron chi connectivity index (χ3n) is 2.47. The van der Waals surface area contributed by atoms with Crippen LogP contribution < -0.4 is 5.43 Å². The summed E-state index contributed by atoms with van der Waals surface area (Å²) in [5, 5.41) is 3.84. The number of halogens is 1. The number of rotatable bonds is 3. The van der Waals surface area contributed by atoms with Gasteiger partial charge in [0.25, 0.3) is 5.91 Å². The molecule has 0 radical (unpaired) electrons. The molecule has 1 fully saturated rings. The van der Waals surface area contributed by atoms with Crippen LogP contribution in [-0.4, -0.2) is 12.6 Å². The van der Waals surface area contributed by atoms with Gasteiger partial charge in [-0.15, -0.1) is 0 Å². The Morgan fingerprint density at radius 2 is 2.27 bits per heavy atom. The van der Waals surface area contributed by atoms with Gasteiger partial charge in [0.05, 0.1) is 10.6 Å². The quantitative estimate of drug-likeness (QED) is 0.620. The molecule has 1 amide bonds. The predicted molar refractivity (Wildman–Crippen MR) is 60.4 cm³/mol. The molecule has 0 heterocycles. The molecular weight excluding hydrogens is 212 g/mol. The van der Waals surface area contributed by atoms with Crippen molar-refractivity contribution in [1.29, 1.82) is 0 Å². The first-order valence-corrected chi connectivity index (χ1v) is 5.16. The number of benzene rings is 1. The molecule has 0 aliphatic heterocycles. The molecule has 78 valence electrons. The fourth-order valence-electron chi connectivity index (χ4n) is 1.64. The Kier molecular flexibility index (Phi) is 2.73. The van der Waals surface area contributed by atoms with Crippen LogP contribution in [0.15, 0.2) is 23.3 Å². The van der Waals surface area contributed by atoms with Crippen LogP contribution >= 0.6 is 11.6 Å². The third-order valence-corrected chi connectivity index (χ3v) is 2.79. The van der Waals surface area contributed by atoms with Gasteiger partial charge in [-0.05, 0) is 30.4 Å². The molecule has 1 saturated carbocycles. The minimum absolute atomic E-state index is 0.280. The summed E-state index contributed by atoms with van der Waals surface area (Å²) < 4.78 is 0. The summed E-state index contributed by atoms with van der Waals surface area (Å²) in [5.41, 5.74) is 3.87. The first-order chi connectivity index (χ1) is 7.24. The van der Waals surface area contributed by atoms with Crippen LogP contribution in [0.5, 0.6) is 0 Å². The molecule has 4 heteroatoms. The maximum atomic E-state index is 11.7. The monoisotopic (exact) mass is 222 g/mol. The van der Waals surface area contributed by atoms with Gasteiger partial charge in [-0.3, -0.25) is 4.79 Å². The van der Waals surface area contributed by atoms with Crippen molar-refractivity contribution in [1.82, 2.24) is 5.43 Å². The summed E-state index contributed by atoms with van der Waals surface area (Å²) in [4.78, 5) is 11.7. The number of hydrogen-bond donors (Lipinski definition) is 1. The number of amides is 1. The molecular formula is C11H11ClN2O. The molecule has 1 N–H and O–H groups in total. The molecule has 1 aromatic carbocycles. The average Bonchev–Trinajstić information content (AvgIpc) is 3.00. The zero-order chi connectivity index (χ0) is 10.8. The van der Waals surface area contributed by atoms with Crippen molar-refractivity contribution in [3.05, 3.63) is 34.3 Å². The Balaban J connectivity index is 2.41. The number of carbonyl (C=O) groups is 1. The highest BCUT2D eigenvalue weighted by atomic mass is 35.5. The lowest BCUT2D eigenvalue weighted by Gasteiger charge is -2.08. The van der Waals surface area contributed by atoms with Crippen molar-refractivity contribution in [2.75, 3.05) is 0 Å². The predicted octanol–water partition coefficient (Wildman–Crippen LogP) is 2.56. The summed E-state index contributed by atoms with van der Waals surface area (Å²) in [6.07, 6.45) is 2.25. The van der Waals surface area contributed by atoms with E-state index in [1.54, 1.807) is 6.07 Å². The van der Waals surface area contributed by atoms with Gasteiger partial charge in [-0.25, -0.2) is 5.43 Å². The van der Waals surface area contributed by atoms with Gasteiger partial charge in [-0.2, -0.15) is 5.10 Å². The molecule has 1 aliphatic rings. The topological polar surface area (TPSA) is 41.5 Å². The van der Waals surface area contributed by atoms with Crippen molar-refractivity contribution < 1.29 is 4.79 Å². The van der Waals surface area contributed by atoms with Crippen LogP contribution in [0.2, 0.25) is 5.02 Å². The first-order valence-electron chi connectivity index (χ1n) is 4.78. The highest BCUT2D eigenvalue weighted by Crippen LogP contribution is 2.42. The zero-order valence-corrected chi connectivity index (χ0v) is 8.92.